The predicted molar refractivity (Wildman–Crippen MR) is 108 cm³/mol. The summed E-state index contributed by atoms with van der Waals surface area (Å²) in [7, 11) is 0. The first-order chi connectivity index (χ1) is 13.9. The number of aromatic amines is 1. The van der Waals surface area contributed by atoms with Gasteiger partial charge in [-0.2, -0.15) is 4.98 Å². The number of nitrogens with one attached hydrogen (secondary N) is 1. The van der Waals surface area contributed by atoms with Crippen molar-refractivity contribution < 1.29 is 27.5 Å². The summed E-state index contributed by atoms with van der Waals surface area (Å²) >= 11 is -1.42. The zero-order valence-electron chi connectivity index (χ0n) is 15.6. The van der Waals surface area contributed by atoms with E-state index in [1.54, 1.807) is 19.2 Å². The third-order valence-electron chi connectivity index (χ3n) is 4.45. The van der Waals surface area contributed by atoms with Gasteiger partial charge in [0.2, 0.25) is 0 Å². The third-order valence-corrected chi connectivity index (χ3v) is 5.61. The molecule has 0 amide bonds. The van der Waals surface area contributed by atoms with Gasteiger partial charge in [0, 0.05) is 22.9 Å². The molecular weight excluding hydrogens is 427 g/mol. The third kappa shape index (κ3) is 5.50. The Morgan fingerprint density at radius 1 is 1.27 bits per heavy atom. The molecule has 1 unspecified atom stereocenters. The van der Waals surface area contributed by atoms with Crippen LogP contribution >= 0.6 is 0 Å². The number of hydrogen-bond acceptors (Lipinski definition) is 6. The van der Waals surface area contributed by atoms with Gasteiger partial charge in [0.05, 0.1) is 16.7 Å². The number of rotatable bonds is 6. The summed E-state index contributed by atoms with van der Waals surface area (Å²) in [5.74, 6) is -2.32. The van der Waals surface area contributed by atoms with Gasteiger partial charge < -0.3 is 18.8 Å². The van der Waals surface area contributed by atoms with Crippen molar-refractivity contribution in [1.29, 1.82) is 0 Å². The zero-order valence-corrected chi connectivity index (χ0v) is 16.4. The van der Waals surface area contributed by atoms with E-state index in [0.29, 0.717) is 22.2 Å². The molecule has 1 N–H and O–H groups in total. The van der Waals surface area contributed by atoms with Gasteiger partial charge in [0.15, 0.2) is 12.0 Å². The number of benzene rings is 1. The van der Waals surface area contributed by atoms with Crippen molar-refractivity contribution >= 4 is 51.8 Å². The first-order valence-corrected chi connectivity index (χ1v) is 10.2. The van der Waals surface area contributed by atoms with Gasteiger partial charge >= 0.3 is 34.7 Å². The van der Waals surface area contributed by atoms with Crippen LogP contribution in [0, 0.1) is 6.92 Å². The van der Waals surface area contributed by atoms with Crippen molar-refractivity contribution in [2.45, 2.75) is 30.0 Å². The molecule has 0 bridgehead atoms. The number of halogens is 2. The maximum atomic E-state index is 13.1. The van der Waals surface area contributed by atoms with Gasteiger partial charge in [-0.25, -0.2) is 8.78 Å². The van der Waals surface area contributed by atoms with Crippen LogP contribution in [0.1, 0.15) is 11.3 Å². The van der Waals surface area contributed by atoms with Crippen LogP contribution in [-0.4, -0.2) is 81.1 Å². The molecule has 1 aromatic carbocycles. The van der Waals surface area contributed by atoms with Crippen LogP contribution in [0.5, 0.6) is 5.75 Å². The number of aromatic nitrogens is 3. The molecule has 0 saturated carbocycles. The Morgan fingerprint density at radius 3 is 2.73 bits per heavy atom. The molecule has 156 valence electrons. The van der Waals surface area contributed by atoms with E-state index in [4.69, 9.17) is 14.2 Å². The van der Waals surface area contributed by atoms with Crippen molar-refractivity contribution in [3.63, 3.8) is 0 Å². The Labute approximate surface area is 197 Å². The van der Waals surface area contributed by atoms with Crippen molar-refractivity contribution in [2.75, 3.05) is 19.8 Å². The topological polar surface area (TPSA) is 92.3 Å². The molecule has 0 spiro atoms. The summed E-state index contributed by atoms with van der Waals surface area (Å²) < 4.78 is 54.4. The maximum absolute atomic E-state index is 13.1. The van der Waals surface area contributed by atoms with Crippen molar-refractivity contribution in [3.8, 4) is 5.75 Å². The molecule has 1 saturated heterocycles. The number of H-pyrrole nitrogens is 1. The molecule has 7 nitrogen and oxygen atoms in total. The Bertz CT molecular complexity index is 964. The van der Waals surface area contributed by atoms with Crippen LogP contribution in [0.25, 0.3) is 11.0 Å². The van der Waals surface area contributed by atoms with Gasteiger partial charge in [-0.3, -0.25) is 9.97 Å². The molecule has 0 radical (unpaired) electrons. The van der Waals surface area contributed by atoms with Crippen LogP contribution in [-0.2, 0) is 26.4 Å². The normalized spacial score (nSPS) is 17.5. The fourth-order valence-electron chi connectivity index (χ4n) is 2.86. The second-order valence-electron chi connectivity index (χ2n) is 6.65. The Balaban J connectivity index is 0.00000256. The standard InChI is InChI=1S/C19H19F2N3O4S.Na.H/c1-12-15(9-29(25)18-23-13-4-2-3-5-14(13)24-18)22-7-6-16(12)26-8-17-27-10-19(20,21)11-28-17;;/h2-7,17H,8-11H2,1H3,(H,23,24);;. The summed E-state index contributed by atoms with van der Waals surface area (Å²) in [6.45, 7) is 0.368. The minimum atomic E-state index is -2.98. The summed E-state index contributed by atoms with van der Waals surface area (Å²) in [4.78, 5) is 11.7. The van der Waals surface area contributed by atoms with Gasteiger partial charge in [0.1, 0.15) is 25.6 Å². The van der Waals surface area contributed by atoms with E-state index in [9.17, 15) is 13.3 Å². The summed E-state index contributed by atoms with van der Waals surface area (Å²) in [5.41, 5.74) is 2.86. The van der Waals surface area contributed by atoms with E-state index in [2.05, 4.69) is 15.0 Å². The molecule has 2 aromatic heterocycles. The average Bonchev–Trinajstić information content (AvgIpc) is 3.14. The number of para-hydroxylation sites is 2. The van der Waals surface area contributed by atoms with Crippen LogP contribution in [0.3, 0.4) is 0 Å². The molecule has 1 atom stereocenters. The predicted octanol–water partition coefficient (Wildman–Crippen LogP) is 2.31. The van der Waals surface area contributed by atoms with Gasteiger partial charge in [0.25, 0.3) is 5.92 Å². The molecule has 30 heavy (non-hydrogen) atoms. The first kappa shape index (κ1) is 23.4. The van der Waals surface area contributed by atoms with Crippen molar-refractivity contribution in [1.82, 2.24) is 15.0 Å². The van der Waals surface area contributed by atoms with Crippen molar-refractivity contribution in [2.24, 2.45) is 0 Å². The Morgan fingerprint density at radius 2 is 2.00 bits per heavy atom. The number of hydrogen-bond donors (Lipinski definition) is 1. The van der Waals surface area contributed by atoms with E-state index in [1.165, 1.54) is 0 Å². The average molecular weight is 447 g/mol. The van der Waals surface area contributed by atoms with Crippen LogP contribution in [0.2, 0.25) is 0 Å². The van der Waals surface area contributed by atoms with Gasteiger partial charge in [-0.05, 0) is 25.1 Å². The Kier molecular flexibility index (Phi) is 7.72. The van der Waals surface area contributed by atoms with E-state index in [-0.39, 0.29) is 41.9 Å². The molecule has 11 heteroatoms. The van der Waals surface area contributed by atoms with E-state index >= 15 is 0 Å². The van der Waals surface area contributed by atoms with Crippen LogP contribution in [0.4, 0.5) is 8.78 Å². The molecule has 1 aliphatic rings. The fraction of sp³-hybridized carbons (Fsp3) is 0.368. The van der Waals surface area contributed by atoms with Gasteiger partial charge in [-0.1, -0.05) is 12.1 Å². The number of ether oxygens (including phenoxy) is 3. The minimum absolute atomic E-state index is 0. The SMILES string of the molecule is Cc1c(OCC2OCC(F)(F)CO2)ccnc1C[S+]([O-])c1nc2ccccc2[nH]1.[NaH]. The monoisotopic (exact) mass is 447 g/mol. The molecule has 1 fully saturated rings. The number of nitrogens with zero attached hydrogens (tertiary/aromatic N) is 2. The second-order valence-corrected chi connectivity index (χ2v) is 8.01. The molecular formula is C19H20F2N3NaO4S. The fourth-order valence-corrected chi connectivity index (χ4v) is 3.96. The quantitative estimate of drug-likeness (QED) is 0.461. The second kappa shape index (κ2) is 9.90. The molecule has 1 aliphatic heterocycles. The molecule has 4 rings (SSSR count). The Hall–Kier alpha value is -1.27. The molecule has 0 aliphatic carbocycles. The number of fused-ring (bicyclic) bond motifs is 1. The molecule has 3 aromatic rings. The van der Waals surface area contributed by atoms with E-state index in [1.807, 2.05) is 24.3 Å². The van der Waals surface area contributed by atoms with E-state index in [0.717, 1.165) is 11.0 Å². The number of imidazole rings is 1. The molecule has 3 heterocycles. The van der Waals surface area contributed by atoms with Gasteiger partial charge in [-0.15, -0.1) is 0 Å². The van der Waals surface area contributed by atoms with Crippen molar-refractivity contribution in [3.05, 3.63) is 47.8 Å². The summed E-state index contributed by atoms with van der Waals surface area (Å²) in [6.07, 6.45) is 0.680. The van der Waals surface area contributed by atoms with Crippen LogP contribution in [0.15, 0.2) is 41.7 Å². The number of alkyl halides is 2. The van der Waals surface area contributed by atoms with Crippen LogP contribution < -0.4 is 4.74 Å². The summed E-state index contributed by atoms with van der Waals surface area (Å²) in [5, 5.41) is 0.378. The van der Waals surface area contributed by atoms with E-state index < -0.39 is 36.6 Å². The summed E-state index contributed by atoms with van der Waals surface area (Å²) in [6, 6.07) is 9.10. The number of pyridine rings is 1. The first-order valence-electron chi connectivity index (χ1n) is 8.93. The zero-order chi connectivity index (χ0) is 20.4.